The van der Waals surface area contributed by atoms with Gasteiger partial charge in [0, 0.05) is 6.54 Å². The summed E-state index contributed by atoms with van der Waals surface area (Å²) in [5.41, 5.74) is 0.858. The second-order valence-corrected chi connectivity index (χ2v) is 7.36. The number of hydrogen-bond acceptors (Lipinski definition) is 5. The quantitative estimate of drug-likeness (QED) is 0.738. The molecule has 1 aliphatic heterocycles. The molecule has 3 N–H and O–H groups in total. The predicted octanol–water partition coefficient (Wildman–Crippen LogP) is 3.02. The molecule has 134 valence electrons. The maximum Gasteiger partial charge on any atom is 0.291 e. The van der Waals surface area contributed by atoms with E-state index in [4.69, 9.17) is 4.42 Å². The Balaban J connectivity index is 1.52. The van der Waals surface area contributed by atoms with Gasteiger partial charge in [0.15, 0.2) is 5.76 Å². The maximum absolute atomic E-state index is 12.4. The first-order valence-electron chi connectivity index (χ1n) is 8.57. The van der Waals surface area contributed by atoms with Gasteiger partial charge in [-0.3, -0.25) is 9.59 Å². The van der Waals surface area contributed by atoms with Crippen molar-refractivity contribution in [3.8, 4) is 0 Å². The number of piperidine rings is 1. The molecule has 0 saturated carbocycles. The van der Waals surface area contributed by atoms with Crippen LogP contribution in [0, 0.1) is 12.8 Å². The van der Waals surface area contributed by atoms with E-state index in [1.165, 1.54) is 30.4 Å². The minimum Gasteiger partial charge on any atom is -0.459 e. The average molecular weight is 361 g/mol. The standard InChI is InChI=1S/C18H23N3O3S/c1-12-10-15(21-17(22)14-5-3-9-24-14)25-16(12)18(23)20-8-6-13-4-2-7-19-11-13/h3,5,9-10,13,19H,2,4,6-8,11H2,1H3,(H,20,23)(H,21,22). The van der Waals surface area contributed by atoms with E-state index in [-0.39, 0.29) is 17.6 Å². The van der Waals surface area contributed by atoms with E-state index in [0.717, 1.165) is 25.1 Å². The smallest absolute Gasteiger partial charge is 0.291 e. The minimum absolute atomic E-state index is 0.0789. The van der Waals surface area contributed by atoms with Crippen molar-refractivity contribution >= 4 is 28.2 Å². The predicted molar refractivity (Wildman–Crippen MR) is 98.3 cm³/mol. The van der Waals surface area contributed by atoms with Crippen LogP contribution < -0.4 is 16.0 Å². The Morgan fingerprint density at radius 2 is 2.28 bits per heavy atom. The van der Waals surface area contributed by atoms with Crippen LogP contribution in [0.25, 0.3) is 0 Å². The SMILES string of the molecule is Cc1cc(NC(=O)c2ccco2)sc1C(=O)NCCC1CCCNC1. The number of thiophene rings is 1. The third-order valence-corrected chi connectivity index (χ3v) is 5.49. The Morgan fingerprint density at radius 1 is 1.40 bits per heavy atom. The summed E-state index contributed by atoms with van der Waals surface area (Å²) in [4.78, 5) is 25.0. The average Bonchev–Trinajstić information content (AvgIpc) is 3.25. The van der Waals surface area contributed by atoms with E-state index in [1.54, 1.807) is 12.1 Å². The highest BCUT2D eigenvalue weighted by atomic mass is 32.1. The Hall–Kier alpha value is -2.12. The molecule has 2 aromatic rings. The zero-order chi connectivity index (χ0) is 17.6. The molecule has 0 spiro atoms. The van der Waals surface area contributed by atoms with Gasteiger partial charge in [0.1, 0.15) is 0 Å². The van der Waals surface area contributed by atoms with Crippen molar-refractivity contribution in [2.45, 2.75) is 26.2 Å². The first-order valence-corrected chi connectivity index (χ1v) is 9.39. The van der Waals surface area contributed by atoms with E-state index in [2.05, 4.69) is 16.0 Å². The Bertz CT molecular complexity index is 718. The minimum atomic E-state index is -0.317. The molecule has 1 fully saturated rings. The second kappa shape index (κ2) is 8.31. The van der Waals surface area contributed by atoms with E-state index in [9.17, 15) is 9.59 Å². The molecule has 3 heterocycles. The molecule has 0 radical (unpaired) electrons. The lowest BCUT2D eigenvalue weighted by Gasteiger charge is -2.22. The van der Waals surface area contributed by atoms with Crippen molar-refractivity contribution < 1.29 is 14.0 Å². The van der Waals surface area contributed by atoms with Crippen LogP contribution >= 0.6 is 11.3 Å². The summed E-state index contributed by atoms with van der Waals surface area (Å²) in [5.74, 6) is 0.493. The largest absolute Gasteiger partial charge is 0.459 e. The molecule has 0 aromatic carbocycles. The van der Waals surface area contributed by atoms with Crippen molar-refractivity contribution in [3.05, 3.63) is 40.7 Å². The third kappa shape index (κ3) is 4.70. The van der Waals surface area contributed by atoms with Gasteiger partial charge in [-0.15, -0.1) is 11.3 Å². The molecular weight excluding hydrogens is 338 g/mol. The Labute approximate surface area is 151 Å². The molecule has 1 atom stereocenters. The summed E-state index contributed by atoms with van der Waals surface area (Å²) < 4.78 is 5.07. The number of hydrogen-bond donors (Lipinski definition) is 3. The molecule has 2 amide bonds. The topological polar surface area (TPSA) is 83.4 Å². The summed E-state index contributed by atoms with van der Waals surface area (Å²) in [7, 11) is 0. The van der Waals surface area contributed by atoms with Crippen LogP contribution in [0.1, 0.15) is 45.1 Å². The molecule has 3 rings (SSSR count). The summed E-state index contributed by atoms with van der Waals surface area (Å²) in [6.45, 7) is 4.69. The molecule has 1 unspecified atom stereocenters. The van der Waals surface area contributed by atoms with Crippen LogP contribution in [-0.2, 0) is 0 Å². The van der Waals surface area contributed by atoms with E-state index >= 15 is 0 Å². The van der Waals surface area contributed by atoms with Crippen molar-refractivity contribution in [2.75, 3.05) is 25.0 Å². The van der Waals surface area contributed by atoms with Gasteiger partial charge in [0.05, 0.1) is 16.1 Å². The molecule has 6 nitrogen and oxygen atoms in total. The number of carbonyl (C=O) groups excluding carboxylic acids is 2. The number of nitrogens with one attached hydrogen (secondary N) is 3. The first kappa shape index (κ1) is 17.7. The summed E-state index contributed by atoms with van der Waals surface area (Å²) in [6.07, 6.45) is 4.88. The molecule has 0 aliphatic carbocycles. The van der Waals surface area contributed by atoms with Crippen LogP contribution in [0.5, 0.6) is 0 Å². The van der Waals surface area contributed by atoms with E-state index in [1.807, 2.05) is 13.0 Å². The van der Waals surface area contributed by atoms with Crippen molar-refractivity contribution in [1.82, 2.24) is 10.6 Å². The van der Waals surface area contributed by atoms with Gasteiger partial charge in [-0.25, -0.2) is 0 Å². The maximum atomic E-state index is 12.4. The lowest BCUT2D eigenvalue weighted by Crippen LogP contribution is -2.33. The highest BCUT2D eigenvalue weighted by Crippen LogP contribution is 2.27. The molecule has 1 saturated heterocycles. The summed E-state index contributed by atoms with van der Waals surface area (Å²) >= 11 is 1.28. The molecular formula is C18H23N3O3S. The van der Waals surface area contributed by atoms with Gasteiger partial charge in [-0.05, 0) is 69.0 Å². The van der Waals surface area contributed by atoms with Gasteiger partial charge in [-0.2, -0.15) is 0 Å². The summed E-state index contributed by atoms with van der Waals surface area (Å²) in [5, 5.41) is 9.79. The fraction of sp³-hybridized carbons (Fsp3) is 0.444. The van der Waals surface area contributed by atoms with Crippen LogP contribution in [-0.4, -0.2) is 31.4 Å². The molecule has 2 aromatic heterocycles. The first-order chi connectivity index (χ1) is 12.1. The van der Waals surface area contributed by atoms with Crippen molar-refractivity contribution in [3.63, 3.8) is 0 Å². The number of carbonyl (C=O) groups is 2. The van der Waals surface area contributed by atoms with Crippen molar-refractivity contribution in [1.29, 1.82) is 0 Å². The molecule has 1 aliphatic rings. The second-order valence-electron chi connectivity index (χ2n) is 6.31. The molecule has 7 heteroatoms. The monoisotopic (exact) mass is 361 g/mol. The summed E-state index contributed by atoms with van der Waals surface area (Å²) in [6, 6.07) is 5.07. The van der Waals surface area contributed by atoms with Gasteiger partial charge >= 0.3 is 0 Å². The highest BCUT2D eigenvalue weighted by Gasteiger charge is 2.17. The molecule has 25 heavy (non-hydrogen) atoms. The van der Waals surface area contributed by atoms with Crippen LogP contribution in [0.2, 0.25) is 0 Å². The van der Waals surface area contributed by atoms with Gasteiger partial charge < -0.3 is 20.4 Å². The van der Waals surface area contributed by atoms with Gasteiger partial charge in [0.25, 0.3) is 11.8 Å². The number of rotatable bonds is 6. The number of aryl methyl sites for hydroxylation is 1. The molecule has 0 bridgehead atoms. The van der Waals surface area contributed by atoms with Gasteiger partial charge in [0.2, 0.25) is 0 Å². The van der Waals surface area contributed by atoms with E-state index < -0.39 is 0 Å². The lowest BCUT2D eigenvalue weighted by molar-refractivity contribution is 0.0952. The number of anilines is 1. The van der Waals surface area contributed by atoms with Crippen molar-refractivity contribution in [2.24, 2.45) is 5.92 Å². The number of amides is 2. The normalized spacial score (nSPS) is 17.2. The van der Waals surface area contributed by atoms with Crippen LogP contribution in [0.4, 0.5) is 5.00 Å². The Kier molecular flexibility index (Phi) is 5.88. The zero-order valence-corrected chi connectivity index (χ0v) is 15.1. The van der Waals surface area contributed by atoms with Crippen LogP contribution in [0.15, 0.2) is 28.9 Å². The van der Waals surface area contributed by atoms with Crippen LogP contribution in [0.3, 0.4) is 0 Å². The highest BCUT2D eigenvalue weighted by molar-refractivity contribution is 7.18. The third-order valence-electron chi connectivity index (χ3n) is 4.34. The van der Waals surface area contributed by atoms with E-state index in [0.29, 0.717) is 22.3 Å². The lowest BCUT2D eigenvalue weighted by atomic mass is 9.96. The van der Waals surface area contributed by atoms with Gasteiger partial charge in [-0.1, -0.05) is 0 Å². The Morgan fingerprint density at radius 3 is 3.00 bits per heavy atom. The fourth-order valence-corrected chi connectivity index (χ4v) is 3.97. The number of furan rings is 1. The fourth-order valence-electron chi connectivity index (χ4n) is 2.99. The zero-order valence-electron chi connectivity index (χ0n) is 14.3.